The Balaban J connectivity index is 1.01. The molecule has 3 N–H and O–H groups in total. The number of nitrogens with one attached hydrogen (secondary N) is 2. The minimum Gasteiger partial charge on any atom is -0.489 e. The van der Waals surface area contributed by atoms with Crippen LogP contribution in [0, 0.1) is 11.6 Å². The van der Waals surface area contributed by atoms with Gasteiger partial charge in [0.2, 0.25) is 11.3 Å². The summed E-state index contributed by atoms with van der Waals surface area (Å²) >= 11 is 0. The molecule has 232 valence electrons. The largest absolute Gasteiger partial charge is 0.489 e. The highest BCUT2D eigenvalue weighted by Gasteiger charge is 2.34. The number of halogens is 2. The molecule has 4 heterocycles. The lowest BCUT2D eigenvalue weighted by molar-refractivity contribution is -0.119. The molecule has 44 heavy (non-hydrogen) atoms. The smallest absolute Gasteiger partial charge is 0.414 e. The van der Waals surface area contributed by atoms with Gasteiger partial charge in [0.05, 0.1) is 24.2 Å². The van der Waals surface area contributed by atoms with Crippen molar-refractivity contribution in [3.05, 3.63) is 57.9 Å². The second kappa shape index (κ2) is 11.7. The van der Waals surface area contributed by atoms with Gasteiger partial charge in [-0.2, -0.15) is 0 Å². The number of cyclic esters (lactones) is 1. The fourth-order valence-electron chi connectivity index (χ4n) is 5.32. The van der Waals surface area contributed by atoms with Gasteiger partial charge in [-0.25, -0.2) is 23.4 Å². The first kappa shape index (κ1) is 29.3. The van der Waals surface area contributed by atoms with Crippen LogP contribution in [-0.4, -0.2) is 84.1 Å². The first-order valence-corrected chi connectivity index (χ1v) is 14.2. The molecule has 3 aliphatic rings. The summed E-state index contributed by atoms with van der Waals surface area (Å²) in [5, 5.41) is 15.2. The van der Waals surface area contributed by atoms with Crippen LogP contribution in [-0.2, 0) is 9.53 Å². The topological polar surface area (TPSA) is 155 Å². The van der Waals surface area contributed by atoms with Crippen LogP contribution in [0.4, 0.5) is 25.1 Å². The second-order valence-corrected chi connectivity index (χ2v) is 11.1. The molecule has 3 aromatic rings. The maximum atomic E-state index is 15.0. The lowest BCUT2D eigenvalue weighted by atomic mass is 10.1. The number of carboxylic acids is 1. The number of rotatable bonds is 11. The Morgan fingerprint density at radius 1 is 1.14 bits per heavy atom. The van der Waals surface area contributed by atoms with Gasteiger partial charge in [-0.15, -0.1) is 0 Å². The number of anilines is 2. The van der Waals surface area contributed by atoms with Crippen molar-refractivity contribution in [2.75, 3.05) is 49.1 Å². The van der Waals surface area contributed by atoms with E-state index in [1.807, 2.05) is 0 Å². The van der Waals surface area contributed by atoms with E-state index in [4.69, 9.17) is 9.47 Å². The van der Waals surface area contributed by atoms with E-state index in [0.717, 1.165) is 18.9 Å². The third-order valence-corrected chi connectivity index (χ3v) is 7.76. The molecule has 2 saturated heterocycles. The van der Waals surface area contributed by atoms with Crippen molar-refractivity contribution in [2.45, 2.75) is 38.0 Å². The van der Waals surface area contributed by atoms with Crippen molar-refractivity contribution < 1.29 is 37.7 Å². The van der Waals surface area contributed by atoms with Crippen molar-refractivity contribution in [3.63, 3.8) is 0 Å². The molecule has 0 radical (unpaired) electrons. The molecule has 3 fully saturated rings. The molecule has 0 spiro atoms. The minimum absolute atomic E-state index is 0.00523. The van der Waals surface area contributed by atoms with E-state index in [9.17, 15) is 28.7 Å². The number of ether oxygens (including phenoxy) is 2. The van der Waals surface area contributed by atoms with Crippen molar-refractivity contribution in [2.24, 2.45) is 0 Å². The molecule has 1 aromatic carbocycles. The third kappa shape index (κ3) is 5.86. The Kier molecular flexibility index (Phi) is 7.80. The highest BCUT2D eigenvalue weighted by molar-refractivity contribution is 5.92. The molecule has 1 atom stereocenters. The Hall–Kier alpha value is -4.79. The monoisotopic (exact) mass is 612 g/mol. The van der Waals surface area contributed by atoms with E-state index in [0.29, 0.717) is 25.3 Å². The van der Waals surface area contributed by atoms with E-state index < -0.39 is 40.8 Å². The molecule has 6 rings (SSSR count). The Bertz CT molecular complexity index is 1710. The number of aromatic carboxylic acids is 1. The molecule has 2 aliphatic heterocycles. The lowest BCUT2D eigenvalue weighted by Crippen LogP contribution is -2.59. The number of hydrogen-bond acceptors (Lipinski definition) is 9. The van der Waals surface area contributed by atoms with Gasteiger partial charge < -0.3 is 34.7 Å². The standard InChI is InChI=1S/C29H30F2N6O7/c1-15(38)33-10-19-13-37(29(42)44-19)18-4-5-24(22(30)8-18)43-7-6-32-16-11-35(12-16)27-23(31)9-20-25(39)21(28(40)41)14-36(17-2-3-17)26(20)34-27/h4-5,8-9,14,16-17,19,32H,2-3,6-7,10-13H2,1H3,(H,33,38)(H,40,41)/t19-/m0/s1. The number of carboxylic acid groups (broad SMARTS) is 1. The van der Waals surface area contributed by atoms with Crippen molar-refractivity contribution in [1.82, 2.24) is 20.2 Å². The Morgan fingerprint density at radius 3 is 2.59 bits per heavy atom. The van der Waals surface area contributed by atoms with Gasteiger partial charge in [-0.05, 0) is 31.0 Å². The molecule has 15 heteroatoms. The lowest BCUT2D eigenvalue weighted by Gasteiger charge is -2.40. The van der Waals surface area contributed by atoms with E-state index in [2.05, 4.69) is 15.6 Å². The number of hydrogen-bond donors (Lipinski definition) is 3. The Labute approximate surface area is 249 Å². The average molecular weight is 613 g/mol. The molecule has 2 aromatic heterocycles. The van der Waals surface area contributed by atoms with Gasteiger partial charge in [0.25, 0.3) is 0 Å². The number of carbonyl (C=O) groups excluding carboxylic acids is 2. The molecular weight excluding hydrogens is 582 g/mol. The van der Waals surface area contributed by atoms with E-state index in [1.54, 1.807) is 15.5 Å². The molecule has 2 amide bonds. The Morgan fingerprint density at radius 2 is 1.91 bits per heavy atom. The van der Waals surface area contributed by atoms with Crippen LogP contribution in [0.25, 0.3) is 11.0 Å². The number of nitrogens with zero attached hydrogens (tertiary/aromatic N) is 4. The number of benzene rings is 1. The van der Waals surface area contributed by atoms with Gasteiger partial charge in [0, 0.05) is 50.9 Å². The second-order valence-electron chi connectivity index (χ2n) is 11.1. The van der Waals surface area contributed by atoms with Crippen LogP contribution in [0.2, 0.25) is 0 Å². The van der Waals surface area contributed by atoms with Crippen molar-refractivity contribution in [1.29, 1.82) is 0 Å². The SMILES string of the molecule is CC(=O)NC[C@H]1CN(c2ccc(OCCNC3CN(c4nc5c(cc4F)c(=O)c(C(=O)O)cn5C4CC4)C3)c(F)c2)C(=O)O1. The van der Waals surface area contributed by atoms with Crippen molar-refractivity contribution in [3.8, 4) is 5.75 Å². The third-order valence-electron chi connectivity index (χ3n) is 7.76. The fourth-order valence-corrected chi connectivity index (χ4v) is 5.32. The summed E-state index contributed by atoms with van der Waals surface area (Å²) in [5.74, 6) is -2.84. The van der Waals surface area contributed by atoms with Crippen molar-refractivity contribution >= 4 is 40.5 Å². The highest BCUT2D eigenvalue weighted by atomic mass is 19.1. The van der Waals surface area contributed by atoms with Crippen LogP contribution in [0.3, 0.4) is 0 Å². The van der Waals surface area contributed by atoms with Gasteiger partial charge in [0.15, 0.2) is 23.2 Å². The zero-order valence-electron chi connectivity index (χ0n) is 23.7. The van der Waals surface area contributed by atoms with E-state index in [1.165, 1.54) is 30.2 Å². The number of fused-ring (bicyclic) bond motifs is 1. The van der Waals surface area contributed by atoms with E-state index >= 15 is 4.39 Å². The van der Waals surface area contributed by atoms with Crippen LogP contribution < -0.4 is 30.6 Å². The molecule has 1 saturated carbocycles. The highest BCUT2D eigenvalue weighted by Crippen LogP contribution is 2.37. The zero-order chi connectivity index (χ0) is 31.1. The molecule has 13 nitrogen and oxygen atoms in total. The van der Waals surface area contributed by atoms with Gasteiger partial charge in [-0.3, -0.25) is 14.5 Å². The predicted octanol–water partition coefficient (Wildman–Crippen LogP) is 2.03. The van der Waals surface area contributed by atoms with Gasteiger partial charge >= 0.3 is 12.1 Å². The molecule has 1 aliphatic carbocycles. The molecule has 0 unspecified atom stereocenters. The first-order valence-electron chi connectivity index (χ1n) is 14.2. The summed E-state index contributed by atoms with van der Waals surface area (Å²) < 4.78 is 42.2. The summed E-state index contributed by atoms with van der Waals surface area (Å²) in [6, 6.07) is 5.25. The first-order chi connectivity index (χ1) is 21.1. The van der Waals surface area contributed by atoms with Crippen LogP contribution >= 0.6 is 0 Å². The summed E-state index contributed by atoms with van der Waals surface area (Å²) in [6.07, 6.45) is 1.78. The summed E-state index contributed by atoms with van der Waals surface area (Å²) in [5.41, 5.74) is -0.594. The quantitative estimate of drug-likeness (QED) is 0.274. The van der Waals surface area contributed by atoms with Gasteiger partial charge in [0.1, 0.15) is 23.9 Å². The number of carbonyl (C=O) groups is 3. The number of amides is 2. The summed E-state index contributed by atoms with van der Waals surface area (Å²) in [4.78, 5) is 54.9. The van der Waals surface area contributed by atoms with Gasteiger partial charge in [-0.1, -0.05) is 0 Å². The van der Waals surface area contributed by atoms with Crippen LogP contribution in [0.5, 0.6) is 5.75 Å². The fraction of sp³-hybridized carbons (Fsp3) is 0.414. The normalized spacial score (nSPS) is 18.3. The predicted molar refractivity (Wildman–Crippen MR) is 153 cm³/mol. The number of aromatic nitrogens is 2. The van der Waals surface area contributed by atoms with E-state index in [-0.39, 0.29) is 60.3 Å². The van der Waals surface area contributed by atoms with Crippen LogP contribution in [0.15, 0.2) is 35.3 Å². The maximum absolute atomic E-state index is 15.0. The minimum atomic E-state index is -1.36. The molecular formula is C29H30F2N6O7. The van der Waals surface area contributed by atoms with Crippen LogP contribution in [0.1, 0.15) is 36.2 Å². The summed E-state index contributed by atoms with van der Waals surface area (Å²) in [6.45, 7) is 3.11. The maximum Gasteiger partial charge on any atom is 0.414 e. The average Bonchev–Trinajstić information content (AvgIpc) is 3.73. The summed E-state index contributed by atoms with van der Waals surface area (Å²) in [7, 11) is 0. The number of pyridine rings is 2. The zero-order valence-corrected chi connectivity index (χ0v) is 23.7. The molecule has 0 bridgehead atoms.